The van der Waals surface area contributed by atoms with Gasteiger partial charge in [-0.2, -0.15) is 0 Å². The standard InChI is InChI=1S/C17H19NO4S/c1-22-15-6-8-16(9-7-15)23(20,21)18-12-17(19)10-13-4-2-3-5-14(13)11-17/h2-9,18-19H,10-12H2,1H3. The van der Waals surface area contributed by atoms with Crippen LogP contribution in [-0.2, 0) is 22.9 Å². The predicted molar refractivity (Wildman–Crippen MR) is 87.0 cm³/mol. The molecular weight excluding hydrogens is 314 g/mol. The van der Waals surface area contributed by atoms with Gasteiger partial charge in [0.2, 0.25) is 10.0 Å². The number of benzene rings is 2. The highest BCUT2D eigenvalue weighted by atomic mass is 32.2. The van der Waals surface area contributed by atoms with Crippen molar-refractivity contribution in [1.82, 2.24) is 4.72 Å². The Hall–Kier alpha value is -1.89. The summed E-state index contributed by atoms with van der Waals surface area (Å²) < 4.78 is 32.2. The monoisotopic (exact) mass is 333 g/mol. The van der Waals surface area contributed by atoms with Crippen LogP contribution in [0.3, 0.4) is 0 Å². The first-order valence-corrected chi connectivity index (χ1v) is 8.83. The minimum absolute atomic E-state index is 0.0178. The number of aliphatic hydroxyl groups is 1. The van der Waals surface area contributed by atoms with E-state index in [4.69, 9.17) is 4.74 Å². The molecule has 3 rings (SSSR count). The molecule has 0 bridgehead atoms. The fourth-order valence-corrected chi connectivity index (χ4v) is 3.99. The van der Waals surface area contributed by atoms with E-state index in [-0.39, 0.29) is 11.4 Å². The zero-order valence-electron chi connectivity index (χ0n) is 12.8. The minimum Gasteiger partial charge on any atom is -0.497 e. The normalized spacial score (nSPS) is 16.1. The van der Waals surface area contributed by atoms with E-state index < -0.39 is 15.6 Å². The van der Waals surface area contributed by atoms with E-state index >= 15 is 0 Å². The Balaban J connectivity index is 1.70. The van der Waals surface area contributed by atoms with Crippen molar-refractivity contribution in [2.24, 2.45) is 0 Å². The molecule has 0 radical (unpaired) electrons. The smallest absolute Gasteiger partial charge is 0.240 e. The van der Waals surface area contributed by atoms with Crippen molar-refractivity contribution in [1.29, 1.82) is 0 Å². The van der Waals surface area contributed by atoms with Crippen molar-refractivity contribution in [2.75, 3.05) is 13.7 Å². The summed E-state index contributed by atoms with van der Waals surface area (Å²) in [6.07, 6.45) is 0.905. The van der Waals surface area contributed by atoms with Gasteiger partial charge in [0.25, 0.3) is 0 Å². The molecule has 5 nitrogen and oxygen atoms in total. The number of rotatable bonds is 5. The molecule has 0 fully saturated rings. The van der Waals surface area contributed by atoms with Gasteiger partial charge in [0.15, 0.2) is 0 Å². The lowest BCUT2D eigenvalue weighted by atomic mass is 10.0. The molecule has 0 atom stereocenters. The highest BCUT2D eigenvalue weighted by Gasteiger charge is 2.36. The molecule has 0 heterocycles. The van der Waals surface area contributed by atoms with Gasteiger partial charge < -0.3 is 9.84 Å². The van der Waals surface area contributed by atoms with E-state index in [2.05, 4.69) is 4.72 Å². The summed E-state index contributed by atoms with van der Waals surface area (Å²) in [4.78, 5) is 0.150. The highest BCUT2D eigenvalue weighted by Crippen LogP contribution is 2.29. The molecule has 0 saturated carbocycles. The van der Waals surface area contributed by atoms with Crippen LogP contribution in [0.25, 0.3) is 0 Å². The summed E-state index contributed by atoms with van der Waals surface area (Å²) in [5.41, 5.74) is 1.06. The number of hydrogen-bond acceptors (Lipinski definition) is 4. The second kappa shape index (κ2) is 5.96. The molecule has 0 spiro atoms. The van der Waals surface area contributed by atoms with Gasteiger partial charge in [0.1, 0.15) is 5.75 Å². The lowest BCUT2D eigenvalue weighted by molar-refractivity contribution is 0.0567. The quantitative estimate of drug-likeness (QED) is 0.869. The number of hydrogen-bond donors (Lipinski definition) is 2. The molecule has 0 aliphatic heterocycles. The average molecular weight is 333 g/mol. The summed E-state index contributed by atoms with van der Waals surface area (Å²) in [5, 5.41) is 10.7. The highest BCUT2D eigenvalue weighted by molar-refractivity contribution is 7.89. The van der Waals surface area contributed by atoms with Crippen LogP contribution >= 0.6 is 0 Å². The zero-order chi connectivity index (χ0) is 16.5. The first-order chi connectivity index (χ1) is 10.9. The van der Waals surface area contributed by atoms with Crippen molar-refractivity contribution in [3.05, 3.63) is 59.7 Å². The number of fused-ring (bicyclic) bond motifs is 1. The van der Waals surface area contributed by atoms with E-state index in [1.807, 2.05) is 24.3 Å². The van der Waals surface area contributed by atoms with Crippen molar-refractivity contribution in [3.63, 3.8) is 0 Å². The lowest BCUT2D eigenvalue weighted by Gasteiger charge is -2.22. The van der Waals surface area contributed by atoms with Gasteiger partial charge in [-0.1, -0.05) is 24.3 Å². The molecule has 122 valence electrons. The maximum Gasteiger partial charge on any atom is 0.240 e. The Morgan fingerprint density at radius 3 is 2.17 bits per heavy atom. The molecule has 0 amide bonds. The Morgan fingerprint density at radius 1 is 1.09 bits per heavy atom. The predicted octanol–water partition coefficient (Wildman–Crippen LogP) is 1.50. The van der Waals surface area contributed by atoms with E-state index in [9.17, 15) is 13.5 Å². The largest absolute Gasteiger partial charge is 0.497 e. The minimum atomic E-state index is -3.66. The second-order valence-corrected chi connectivity index (χ2v) is 7.61. The van der Waals surface area contributed by atoms with E-state index in [0.717, 1.165) is 11.1 Å². The maximum absolute atomic E-state index is 12.3. The van der Waals surface area contributed by atoms with Gasteiger partial charge in [0.05, 0.1) is 17.6 Å². The topological polar surface area (TPSA) is 75.6 Å². The van der Waals surface area contributed by atoms with Crippen LogP contribution in [-0.4, -0.2) is 32.8 Å². The van der Waals surface area contributed by atoms with Gasteiger partial charge in [-0.3, -0.25) is 0 Å². The fourth-order valence-electron chi connectivity index (χ4n) is 2.87. The summed E-state index contributed by atoms with van der Waals surface area (Å²) in [7, 11) is -2.14. The average Bonchev–Trinajstić information content (AvgIpc) is 2.90. The van der Waals surface area contributed by atoms with Crippen molar-refractivity contribution in [3.8, 4) is 5.75 Å². The first-order valence-electron chi connectivity index (χ1n) is 7.35. The number of sulfonamides is 1. The Morgan fingerprint density at radius 2 is 1.65 bits per heavy atom. The molecule has 0 unspecified atom stereocenters. The van der Waals surface area contributed by atoms with Gasteiger partial charge >= 0.3 is 0 Å². The Kier molecular flexibility index (Phi) is 4.14. The molecule has 2 aromatic rings. The fraction of sp³-hybridized carbons (Fsp3) is 0.294. The maximum atomic E-state index is 12.3. The summed E-state index contributed by atoms with van der Waals surface area (Å²) in [6, 6.07) is 13.9. The third-order valence-corrected chi connectivity index (χ3v) is 5.54. The molecule has 6 heteroatoms. The van der Waals surface area contributed by atoms with Gasteiger partial charge in [-0.05, 0) is 35.4 Å². The van der Waals surface area contributed by atoms with Gasteiger partial charge in [-0.15, -0.1) is 0 Å². The molecule has 0 saturated heterocycles. The number of methoxy groups -OCH3 is 1. The van der Waals surface area contributed by atoms with E-state index in [1.165, 1.54) is 19.2 Å². The van der Waals surface area contributed by atoms with Gasteiger partial charge in [-0.25, -0.2) is 13.1 Å². The summed E-state index contributed by atoms with van der Waals surface area (Å²) in [5.74, 6) is 0.592. The molecule has 23 heavy (non-hydrogen) atoms. The van der Waals surface area contributed by atoms with Crippen molar-refractivity contribution >= 4 is 10.0 Å². The third kappa shape index (κ3) is 3.39. The molecule has 2 N–H and O–H groups in total. The van der Waals surface area contributed by atoms with Crippen molar-refractivity contribution in [2.45, 2.75) is 23.3 Å². The van der Waals surface area contributed by atoms with Crippen molar-refractivity contribution < 1.29 is 18.3 Å². The van der Waals surface area contributed by atoms with E-state index in [1.54, 1.807) is 12.1 Å². The lowest BCUT2D eigenvalue weighted by Crippen LogP contribution is -2.43. The van der Waals surface area contributed by atoms with Crippen LogP contribution < -0.4 is 9.46 Å². The van der Waals surface area contributed by atoms with Crippen LogP contribution in [0.15, 0.2) is 53.4 Å². The molecule has 2 aromatic carbocycles. The molecular formula is C17H19NO4S. The zero-order valence-corrected chi connectivity index (χ0v) is 13.6. The molecule has 1 aliphatic rings. The second-order valence-electron chi connectivity index (χ2n) is 5.85. The first kappa shape index (κ1) is 16.0. The Labute approximate surface area is 136 Å². The Bertz CT molecular complexity index is 775. The van der Waals surface area contributed by atoms with Crippen LogP contribution in [0.5, 0.6) is 5.75 Å². The van der Waals surface area contributed by atoms with E-state index in [0.29, 0.717) is 18.6 Å². The van der Waals surface area contributed by atoms with Crippen LogP contribution in [0.4, 0.5) is 0 Å². The summed E-state index contributed by atoms with van der Waals surface area (Å²) >= 11 is 0. The van der Waals surface area contributed by atoms with Gasteiger partial charge in [0, 0.05) is 19.4 Å². The van der Waals surface area contributed by atoms with Crippen LogP contribution in [0.1, 0.15) is 11.1 Å². The van der Waals surface area contributed by atoms with Crippen LogP contribution in [0.2, 0.25) is 0 Å². The SMILES string of the molecule is COc1ccc(S(=O)(=O)NCC2(O)Cc3ccccc3C2)cc1. The number of nitrogens with one attached hydrogen (secondary N) is 1. The molecule has 0 aromatic heterocycles. The third-order valence-electron chi connectivity index (χ3n) is 4.12. The van der Waals surface area contributed by atoms with Crippen LogP contribution in [0, 0.1) is 0 Å². The molecule has 1 aliphatic carbocycles. The summed E-state index contributed by atoms with van der Waals surface area (Å²) in [6.45, 7) is -0.0178. The number of ether oxygens (including phenoxy) is 1.